The smallest absolute Gasteiger partial charge is 0.123 e. The summed E-state index contributed by atoms with van der Waals surface area (Å²) >= 11 is 0. The van der Waals surface area contributed by atoms with Gasteiger partial charge in [0.2, 0.25) is 0 Å². The van der Waals surface area contributed by atoms with Crippen LogP contribution in [0.5, 0.6) is 5.75 Å². The number of ether oxygens (including phenoxy) is 2. The topological polar surface area (TPSA) is 64.7 Å². The molecule has 0 amide bonds. The van der Waals surface area contributed by atoms with Crippen LogP contribution in [0, 0.1) is 0 Å². The molecule has 1 unspecified atom stereocenters. The van der Waals surface area contributed by atoms with Gasteiger partial charge in [-0.3, -0.25) is 0 Å². The fraction of sp³-hybridized carbons (Fsp3) is 0.600. The van der Waals surface area contributed by atoms with Crippen LogP contribution in [0.15, 0.2) is 18.2 Å². The van der Waals surface area contributed by atoms with Gasteiger partial charge in [0.1, 0.15) is 5.75 Å². The Bertz CT molecular complexity index is 441. The summed E-state index contributed by atoms with van der Waals surface area (Å²) in [5.74, 6) is 1.28. The number of hydrogen-bond acceptors (Lipinski definition) is 4. The normalized spacial score (nSPS) is 19.1. The minimum Gasteiger partial charge on any atom is -0.496 e. The number of aliphatic hydroxyl groups excluding tert-OH is 1. The Kier molecular flexibility index (Phi) is 4.13. The fourth-order valence-electron chi connectivity index (χ4n) is 2.54. The van der Waals surface area contributed by atoms with E-state index in [2.05, 4.69) is 32.0 Å². The monoisotopic (exact) mass is 265 g/mol. The predicted molar refractivity (Wildman–Crippen MR) is 74.6 cm³/mol. The van der Waals surface area contributed by atoms with Crippen molar-refractivity contribution < 1.29 is 14.6 Å². The molecular weight excluding hydrogens is 242 g/mol. The lowest BCUT2D eigenvalue weighted by Gasteiger charge is -2.46. The predicted octanol–water partition coefficient (Wildman–Crippen LogP) is 1.41. The molecule has 1 aliphatic heterocycles. The number of aliphatic hydroxyl groups is 1. The summed E-state index contributed by atoms with van der Waals surface area (Å²) in [5, 5.41) is 9.38. The minimum absolute atomic E-state index is 0.0571. The van der Waals surface area contributed by atoms with Crippen LogP contribution in [-0.4, -0.2) is 38.1 Å². The van der Waals surface area contributed by atoms with Crippen LogP contribution in [0.2, 0.25) is 0 Å². The number of methoxy groups -OCH3 is 1. The standard InChI is InChI=1S/C15H23NO3/c1-10(2)11-4-5-12(13(6-11)18-3)15(8-19-9-15)14(16)7-17/h4-6,10,14,17H,7-9,16H2,1-3H3. The average molecular weight is 265 g/mol. The van der Waals surface area contributed by atoms with E-state index in [9.17, 15) is 5.11 Å². The van der Waals surface area contributed by atoms with E-state index in [0.29, 0.717) is 19.1 Å². The first-order valence-corrected chi connectivity index (χ1v) is 6.67. The van der Waals surface area contributed by atoms with Crippen LogP contribution in [0.25, 0.3) is 0 Å². The van der Waals surface area contributed by atoms with Gasteiger partial charge in [0, 0.05) is 11.6 Å². The molecule has 2 rings (SSSR count). The summed E-state index contributed by atoms with van der Waals surface area (Å²) in [6, 6.07) is 5.89. The number of benzene rings is 1. The second kappa shape index (κ2) is 5.49. The second-order valence-corrected chi connectivity index (χ2v) is 5.55. The third kappa shape index (κ3) is 2.36. The van der Waals surface area contributed by atoms with Gasteiger partial charge < -0.3 is 20.3 Å². The van der Waals surface area contributed by atoms with E-state index < -0.39 is 0 Å². The van der Waals surface area contributed by atoms with Gasteiger partial charge in [-0.05, 0) is 17.5 Å². The lowest BCUT2D eigenvalue weighted by Crippen LogP contribution is -2.60. The molecule has 0 bridgehead atoms. The Hall–Kier alpha value is -1.10. The van der Waals surface area contributed by atoms with E-state index in [4.69, 9.17) is 15.2 Å². The highest BCUT2D eigenvalue weighted by atomic mass is 16.5. The maximum absolute atomic E-state index is 9.38. The first-order valence-electron chi connectivity index (χ1n) is 6.67. The Morgan fingerprint density at radius 3 is 2.53 bits per heavy atom. The highest BCUT2D eigenvalue weighted by Crippen LogP contribution is 2.41. The number of rotatable bonds is 5. The summed E-state index contributed by atoms with van der Waals surface area (Å²) in [7, 11) is 1.67. The molecule has 0 aromatic heterocycles. The second-order valence-electron chi connectivity index (χ2n) is 5.55. The molecule has 0 radical (unpaired) electrons. The van der Waals surface area contributed by atoms with E-state index in [1.807, 2.05) is 0 Å². The summed E-state index contributed by atoms with van der Waals surface area (Å²) < 4.78 is 10.9. The lowest BCUT2D eigenvalue weighted by atomic mass is 9.72. The van der Waals surface area contributed by atoms with Gasteiger partial charge in [-0.1, -0.05) is 26.0 Å². The van der Waals surface area contributed by atoms with Crippen LogP contribution in [0.4, 0.5) is 0 Å². The van der Waals surface area contributed by atoms with Gasteiger partial charge in [-0.15, -0.1) is 0 Å². The summed E-state index contributed by atoms with van der Waals surface area (Å²) in [4.78, 5) is 0. The van der Waals surface area contributed by atoms with Gasteiger partial charge in [-0.25, -0.2) is 0 Å². The summed E-state index contributed by atoms with van der Waals surface area (Å²) in [5.41, 5.74) is 8.02. The summed E-state index contributed by atoms with van der Waals surface area (Å²) in [6.07, 6.45) is 0. The Labute approximate surface area is 114 Å². The molecule has 0 saturated carbocycles. The lowest BCUT2D eigenvalue weighted by molar-refractivity contribution is -0.0806. The molecule has 4 nitrogen and oxygen atoms in total. The molecule has 0 spiro atoms. The third-order valence-corrected chi connectivity index (χ3v) is 4.05. The van der Waals surface area contributed by atoms with Crippen molar-refractivity contribution in [1.29, 1.82) is 0 Å². The fourth-order valence-corrected chi connectivity index (χ4v) is 2.54. The molecule has 0 aliphatic carbocycles. The highest BCUT2D eigenvalue weighted by molar-refractivity contribution is 5.46. The van der Waals surface area contributed by atoms with Gasteiger partial charge in [0.05, 0.1) is 32.3 Å². The quantitative estimate of drug-likeness (QED) is 0.845. The third-order valence-electron chi connectivity index (χ3n) is 4.05. The molecule has 106 valence electrons. The molecule has 1 saturated heterocycles. The Morgan fingerprint density at radius 2 is 2.11 bits per heavy atom. The SMILES string of the molecule is COc1cc(C(C)C)ccc1C1(C(N)CO)COC1. The van der Waals surface area contributed by atoms with E-state index in [-0.39, 0.29) is 18.1 Å². The van der Waals surface area contributed by atoms with Crippen molar-refractivity contribution in [3.8, 4) is 5.75 Å². The van der Waals surface area contributed by atoms with Crippen molar-refractivity contribution >= 4 is 0 Å². The number of hydrogen-bond donors (Lipinski definition) is 2. The molecule has 1 aromatic carbocycles. The zero-order valence-electron chi connectivity index (χ0n) is 11.8. The average Bonchev–Trinajstić information content (AvgIpc) is 2.37. The van der Waals surface area contributed by atoms with E-state index >= 15 is 0 Å². The van der Waals surface area contributed by atoms with Crippen LogP contribution >= 0.6 is 0 Å². The zero-order valence-corrected chi connectivity index (χ0v) is 11.8. The maximum atomic E-state index is 9.38. The zero-order chi connectivity index (χ0) is 14.0. The van der Waals surface area contributed by atoms with Crippen molar-refractivity contribution in [2.75, 3.05) is 26.9 Å². The van der Waals surface area contributed by atoms with Crippen molar-refractivity contribution in [2.24, 2.45) is 5.73 Å². The van der Waals surface area contributed by atoms with E-state index in [1.165, 1.54) is 5.56 Å². The molecule has 1 fully saturated rings. The van der Waals surface area contributed by atoms with Gasteiger partial charge in [-0.2, -0.15) is 0 Å². The van der Waals surface area contributed by atoms with E-state index in [0.717, 1.165) is 11.3 Å². The molecule has 1 aliphatic rings. The van der Waals surface area contributed by atoms with Crippen LogP contribution in [-0.2, 0) is 10.2 Å². The molecule has 3 N–H and O–H groups in total. The van der Waals surface area contributed by atoms with E-state index in [1.54, 1.807) is 7.11 Å². The molecule has 4 heteroatoms. The summed E-state index contributed by atoms with van der Waals surface area (Å²) in [6.45, 7) is 5.31. The van der Waals surface area contributed by atoms with Gasteiger partial charge in [0.25, 0.3) is 0 Å². The van der Waals surface area contributed by atoms with Crippen molar-refractivity contribution in [2.45, 2.75) is 31.2 Å². The van der Waals surface area contributed by atoms with Gasteiger partial charge in [0.15, 0.2) is 0 Å². The Balaban J connectivity index is 2.43. The molecular formula is C15H23NO3. The molecule has 1 heterocycles. The van der Waals surface area contributed by atoms with Crippen LogP contribution < -0.4 is 10.5 Å². The maximum Gasteiger partial charge on any atom is 0.123 e. The molecule has 1 atom stereocenters. The Morgan fingerprint density at radius 1 is 1.42 bits per heavy atom. The van der Waals surface area contributed by atoms with Gasteiger partial charge >= 0.3 is 0 Å². The van der Waals surface area contributed by atoms with Crippen molar-refractivity contribution in [3.63, 3.8) is 0 Å². The van der Waals surface area contributed by atoms with Crippen LogP contribution in [0.1, 0.15) is 30.9 Å². The van der Waals surface area contributed by atoms with Crippen molar-refractivity contribution in [1.82, 2.24) is 0 Å². The first kappa shape index (κ1) is 14.3. The van der Waals surface area contributed by atoms with Crippen molar-refractivity contribution in [3.05, 3.63) is 29.3 Å². The first-order chi connectivity index (χ1) is 9.05. The molecule has 19 heavy (non-hydrogen) atoms. The molecule has 1 aromatic rings. The number of nitrogens with two attached hydrogens (primary N) is 1. The largest absolute Gasteiger partial charge is 0.496 e. The van der Waals surface area contributed by atoms with Crippen LogP contribution in [0.3, 0.4) is 0 Å². The minimum atomic E-state index is -0.333. The highest BCUT2D eigenvalue weighted by Gasteiger charge is 2.47.